The number of hydrogen-bond acceptors (Lipinski definition) is 5. The van der Waals surface area contributed by atoms with E-state index in [1.165, 1.54) is 31.4 Å². The average Bonchev–Trinajstić information content (AvgIpc) is 3.02. The first-order valence-electron chi connectivity index (χ1n) is 6.24. The summed E-state index contributed by atoms with van der Waals surface area (Å²) < 4.78 is 9.50. The minimum Gasteiger partial charge on any atom is -0.468 e. The van der Waals surface area contributed by atoms with Crippen LogP contribution in [0.25, 0.3) is 0 Å². The summed E-state index contributed by atoms with van der Waals surface area (Å²) in [6.45, 7) is 4.84. The number of rotatable bonds is 3. The van der Waals surface area contributed by atoms with Crippen molar-refractivity contribution in [3.05, 3.63) is 23.3 Å². The van der Waals surface area contributed by atoms with E-state index in [0.29, 0.717) is 6.42 Å². The van der Waals surface area contributed by atoms with Gasteiger partial charge in [0, 0.05) is 12.6 Å². The van der Waals surface area contributed by atoms with Gasteiger partial charge in [0.05, 0.1) is 20.3 Å². The fourth-order valence-corrected chi connectivity index (χ4v) is 2.79. The molecule has 19 heavy (non-hydrogen) atoms. The van der Waals surface area contributed by atoms with Crippen molar-refractivity contribution in [2.75, 3.05) is 20.8 Å². The summed E-state index contributed by atoms with van der Waals surface area (Å²) in [4.78, 5) is 25.3. The summed E-state index contributed by atoms with van der Waals surface area (Å²) in [5, 5.41) is 0. The molecule has 3 atom stereocenters. The fourth-order valence-electron chi connectivity index (χ4n) is 2.79. The lowest BCUT2D eigenvalue weighted by Gasteiger charge is -2.22. The minimum atomic E-state index is -0.622. The van der Waals surface area contributed by atoms with E-state index in [2.05, 4.69) is 16.6 Å². The molecule has 0 bridgehead atoms. The van der Waals surface area contributed by atoms with Crippen LogP contribution >= 0.6 is 0 Å². The van der Waals surface area contributed by atoms with E-state index >= 15 is 0 Å². The van der Waals surface area contributed by atoms with Crippen LogP contribution in [-0.4, -0.2) is 49.2 Å². The Bertz CT molecular complexity index is 480. The molecule has 0 aromatic rings. The van der Waals surface area contributed by atoms with Crippen LogP contribution in [0.2, 0.25) is 0 Å². The molecule has 0 amide bonds. The lowest BCUT2D eigenvalue weighted by Crippen LogP contribution is -2.35. The molecule has 1 saturated heterocycles. The SMILES string of the molecule is COC(=O)/C=C\[C@H]1N2CC(C)=C(C)C[C@]12C(=O)OC. The first kappa shape index (κ1) is 13.8. The lowest BCUT2D eigenvalue weighted by molar-refractivity contribution is -0.145. The summed E-state index contributed by atoms with van der Waals surface area (Å²) in [7, 11) is 2.73. The summed E-state index contributed by atoms with van der Waals surface area (Å²) in [5.74, 6) is -0.648. The van der Waals surface area contributed by atoms with Gasteiger partial charge in [0.15, 0.2) is 0 Å². The number of carbonyl (C=O) groups is 2. The molecule has 2 heterocycles. The van der Waals surface area contributed by atoms with E-state index in [-0.39, 0.29) is 12.0 Å². The Morgan fingerprint density at radius 2 is 1.95 bits per heavy atom. The second-order valence-electron chi connectivity index (χ2n) is 5.11. The monoisotopic (exact) mass is 265 g/mol. The molecule has 0 radical (unpaired) electrons. The number of hydrogen-bond donors (Lipinski definition) is 0. The number of carbonyl (C=O) groups excluding carboxylic acids is 2. The van der Waals surface area contributed by atoms with Gasteiger partial charge in [-0.2, -0.15) is 0 Å². The second-order valence-corrected chi connectivity index (χ2v) is 5.11. The maximum absolute atomic E-state index is 12.1. The van der Waals surface area contributed by atoms with Crippen LogP contribution in [0.1, 0.15) is 20.3 Å². The Morgan fingerprint density at radius 1 is 1.26 bits per heavy atom. The predicted octanol–water partition coefficient (Wildman–Crippen LogP) is 1.05. The zero-order valence-corrected chi connectivity index (χ0v) is 11.7. The predicted molar refractivity (Wildman–Crippen MR) is 69.4 cm³/mol. The van der Waals surface area contributed by atoms with Crippen LogP contribution in [-0.2, 0) is 19.1 Å². The molecule has 2 rings (SSSR count). The second kappa shape index (κ2) is 4.81. The molecule has 0 aromatic carbocycles. The zero-order chi connectivity index (χ0) is 14.2. The minimum absolute atomic E-state index is 0.0913. The Balaban J connectivity index is 2.23. The van der Waals surface area contributed by atoms with Gasteiger partial charge in [-0.15, -0.1) is 0 Å². The normalized spacial score (nSPS) is 33.1. The van der Waals surface area contributed by atoms with Gasteiger partial charge in [-0.1, -0.05) is 17.2 Å². The van der Waals surface area contributed by atoms with Crippen molar-refractivity contribution in [2.24, 2.45) is 0 Å². The highest BCUT2D eigenvalue weighted by molar-refractivity contribution is 5.89. The number of ether oxygens (including phenoxy) is 2. The van der Waals surface area contributed by atoms with Crippen LogP contribution in [0.4, 0.5) is 0 Å². The topological polar surface area (TPSA) is 55.6 Å². The Hall–Kier alpha value is -1.62. The largest absolute Gasteiger partial charge is 0.468 e. The van der Waals surface area contributed by atoms with Crippen LogP contribution in [0, 0.1) is 0 Å². The summed E-state index contributed by atoms with van der Waals surface area (Å²) in [6, 6.07) is -0.0913. The van der Waals surface area contributed by atoms with Crippen molar-refractivity contribution in [1.82, 2.24) is 4.90 Å². The molecule has 5 nitrogen and oxygen atoms in total. The lowest BCUT2D eigenvalue weighted by atomic mass is 9.91. The Kier molecular flexibility index (Phi) is 3.49. The Morgan fingerprint density at radius 3 is 2.53 bits per heavy atom. The quantitative estimate of drug-likeness (QED) is 0.330. The van der Waals surface area contributed by atoms with Crippen molar-refractivity contribution in [3.63, 3.8) is 0 Å². The molecule has 1 fully saturated rings. The van der Waals surface area contributed by atoms with Gasteiger partial charge in [0.25, 0.3) is 0 Å². The van der Waals surface area contributed by atoms with Crippen molar-refractivity contribution in [1.29, 1.82) is 0 Å². The molecule has 5 heteroatoms. The smallest absolute Gasteiger partial charge is 0.330 e. The summed E-state index contributed by atoms with van der Waals surface area (Å²) >= 11 is 0. The van der Waals surface area contributed by atoms with Gasteiger partial charge in [-0.3, -0.25) is 4.90 Å². The van der Waals surface area contributed by atoms with Gasteiger partial charge in [0.2, 0.25) is 0 Å². The standard InChI is InChI=1S/C14H19NO4/c1-9-7-14(13(17)19-4)11(5-6-12(16)18-3)15(14)8-10(9)2/h5-6,11H,7-8H2,1-4H3/b6-5-/t11-,14-,15?/m1/s1. The molecular formula is C14H19NO4. The average molecular weight is 265 g/mol. The zero-order valence-electron chi connectivity index (χ0n) is 11.7. The molecule has 0 aliphatic carbocycles. The molecule has 0 aromatic heterocycles. The number of fused-ring (bicyclic) bond motifs is 1. The van der Waals surface area contributed by atoms with Crippen LogP contribution < -0.4 is 0 Å². The van der Waals surface area contributed by atoms with Crippen molar-refractivity contribution in [3.8, 4) is 0 Å². The number of methoxy groups -OCH3 is 2. The van der Waals surface area contributed by atoms with Crippen molar-refractivity contribution >= 4 is 11.9 Å². The van der Waals surface area contributed by atoms with Gasteiger partial charge in [-0.05, 0) is 20.3 Å². The third kappa shape index (κ3) is 2.08. The van der Waals surface area contributed by atoms with Gasteiger partial charge < -0.3 is 9.47 Å². The third-order valence-corrected chi connectivity index (χ3v) is 4.10. The van der Waals surface area contributed by atoms with E-state index in [9.17, 15) is 9.59 Å². The first-order chi connectivity index (χ1) is 8.97. The highest BCUT2D eigenvalue weighted by Gasteiger charge is 2.68. The summed E-state index contributed by atoms with van der Waals surface area (Å²) in [6.07, 6.45) is 3.76. The van der Waals surface area contributed by atoms with Gasteiger partial charge in [0.1, 0.15) is 5.54 Å². The first-order valence-corrected chi connectivity index (χ1v) is 6.24. The Labute approximate surface area is 112 Å². The molecule has 2 aliphatic heterocycles. The van der Waals surface area contributed by atoms with Crippen LogP contribution in [0.3, 0.4) is 0 Å². The molecular weight excluding hydrogens is 246 g/mol. The van der Waals surface area contributed by atoms with Crippen molar-refractivity contribution < 1.29 is 19.1 Å². The molecule has 1 unspecified atom stereocenters. The highest BCUT2D eigenvalue weighted by atomic mass is 16.5. The third-order valence-electron chi connectivity index (χ3n) is 4.10. The molecule has 104 valence electrons. The van der Waals surface area contributed by atoms with Crippen molar-refractivity contribution in [2.45, 2.75) is 31.8 Å². The highest BCUT2D eigenvalue weighted by Crippen LogP contribution is 2.51. The van der Waals surface area contributed by atoms with E-state index in [0.717, 1.165) is 6.54 Å². The maximum Gasteiger partial charge on any atom is 0.330 e. The number of esters is 2. The molecule has 0 spiro atoms. The van der Waals surface area contributed by atoms with Crippen LogP contribution in [0.15, 0.2) is 23.3 Å². The van der Waals surface area contributed by atoms with E-state index in [1.54, 1.807) is 6.08 Å². The van der Waals surface area contributed by atoms with Gasteiger partial charge >= 0.3 is 11.9 Å². The van der Waals surface area contributed by atoms with Gasteiger partial charge in [-0.25, -0.2) is 9.59 Å². The summed E-state index contributed by atoms with van der Waals surface area (Å²) in [5.41, 5.74) is 1.87. The molecule has 0 N–H and O–H groups in total. The molecule has 0 saturated carbocycles. The van der Waals surface area contributed by atoms with Crippen LogP contribution in [0.5, 0.6) is 0 Å². The number of nitrogens with zero attached hydrogens (tertiary/aromatic N) is 1. The maximum atomic E-state index is 12.1. The van der Waals surface area contributed by atoms with E-state index < -0.39 is 11.5 Å². The van der Waals surface area contributed by atoms with E-state index in [1.807, 2.05) is 6.92 Å². The molecule has 2 aliphatic rings. The fraction of sp³-hybridized carbons (Fsp3) is 0.571. The van der Waals surface area contributed by atoms with E-state index in [4.69, 9.17) is 4.74 Å².